The number of aryl methyl sites for hydroxylation is 1. The van der Waals surface area contributed by atoms with Gasteiger partial charge in [0.2, 0.25) is 0 Å². The van der Waals surface area contributed by atoms with Crippen molar-refractivity contribution in [2.75, 3.05) is 38.2 Å². The van der Waals surface area contributed by atoms with Crippen molar-refractivity contribution in [1.29, 1.82) is 0 Å². The van der Waals surface area contributed by atoms with Crippen molar-refractivity contribution in [1.82, 2.24) is 9.88 Å². The molecule has 1 aliphatic heterocycles. The molecule has 8 heteroatoms. The molecule has 0 unspecified atom stereocenters. The van der Waals surface area contributed by atoms with E-state index in [1.807, 2.05) is 53.4 Å². The maximum atomic E-state index is 13.6. The van der Waals surface area contributed by atoms with Crippen molar-refractivity contribution in [3.8, 4) is 17.0 Å². The third-order valence-corrected chi connectivity index (χ3v) is 7.35. The van der Waals surface area contributed by atoms with Crippen molar-refractivity contribution in [3.63, 3.8) is 0 Å². The summed E-state index contributed by atoms with van der Waals surface area (Å²) in [7, 11) is 1.65. The van der Waals surface area contributed by atoms with Crippen LogP contribution < -0.4 is 9.64 Å². The average molecular weight is 542 g/mol. The molecule has 0 radical (unpaired) electrons. The average Bonchev–Trinajstić information content (AvgIpc) is 2.99. The number of benzene rings is 3. The predicted octanol–water partition coefficient (Wildman–Crippen LogP) is 5.81. The summed E-state index contributed by atoms with van der Waals surface area (Å²) in [6.45, 7) is 2.74. The van der Waals surface area contributed by atoms with Crippen molar-refractivity contribution < 1.29 is 23.8 Å². The molecule has 7 nitrogen and oxygen atoms in total. The molecule has 0 atom stereocenters. The zero-order chi connectivity index (χ0) is 28.1. The number of nitrogens with zero attached hydrogens (tertiary/aromatic N) is 3. The summed E-state index contributed by atoms with van der Waals surface area (Å²) < 4.78 is 18.8. The second kappa shape index (κ2) is 12.2. The summed E-state index contributed by atoms with van der Waals surface area (Å²) in [6.07, 6.45) is 1.98. The van der Waals surface area contributed by atoms with E-state index in [1.165, 1.54) is 12.1 Å². The van der Waals surface area contributed by atoms with Gasteiger partial charge in [-0.15, -0.1) is 0 Å². The van der Waals surface area contributed by atoms with Gasteiger partial charge in [0.1, 0.15) is 11.6 Å². The maximum Gasteiger partial charge on any atom is 0.303 e. The van der Waals surface area contributed by atoms with Gasteiger partial charge in [0.15, 0.2) is 0 Å². The zero-order valence-corrected chi connectivity index (χ0v) is 22.5. The third kappa shape index (κ3) is 6.22. The second-order valence-corrected chi connectivity index (χ2v) is 9.99. The van der Waals surface area contributed by atoms with E-state index >= 15 is 0 Å². The lowest BCUT2D eigenvalue weighted by Crippen LogP contribution is -2.48. The maximum absolute atomic E-state index is 13.6. The second-order valence-electron chi connectivity index (χ2n) is 9.99. The van der Waals surface area contributed by atoms with Crippen LogP contribution >= 0.6 is 0 Å². The third-order valence-electron chi connectivity index (χ3n) is 7.35. The van der Waals surface area contributed by atoms with Crippen molar-refractivity contribution in [2.45, 2.75) is 25.7 Å². The largest absolute Gasteiger partial charge is 0.497 e. The molecule has 1 amide bonds. The lowest BCUT2D eigenvalue weighted by molar-refractivity contribution is -0.137. The SMILES string of the molecule is COc1ccc(N2CCN(C(=O)c3ccc4nc(-c5ccc(F)cc5)c(CCCCC(=O)O)cc4c3)CC2)cc1. The van der Waals surface area contributed by atoms with E-state index in [2.05, 4.69) is 4.90 Å². The van der Waals surface area contributed by atoms with Gasteiger partial charge in [-0.1, -0.05) is 0 Å². The van der Waals surface area contributed by atoms with Crippen LogP contribution in [0, 0.1) is 5.82 Å². The molecule has 1 fully saturated rings. The lowest BCUT2D eigenvalue weighted by Gasteiger charge is -2.36. The van der Waals surface area contributed by atoms with Crippen LogP contribution in [0.4, 0.5) is 10.1 Å². The molecule has 1 aliphatic rings. The molecule has 0 bridgehead atoms. The number of piperazine rings is 1. The Balaban J connectivity index is 1.34. The van der Waals surface area contributed by atoms with E-state index in [9.17, 15) is 14.0 Å². The van der Waals surface area contributed by atoms with Crippen LogP contribution in [0.1, 0.15) is 35.2 Å². The molecule has 1 saturated heterocycles. The number of hydrogen-bond acceptors (Lipinski definition) is 5. The van der Waals surface area contributed by atoms with Crippen molar-refractivity contribution in [3.05, 3.63) is 89.7 Å². The molecule has 0 spiro atoms. The Hall–Kier alpha value is -4.46. The normalized spacial score (nSPS) is 13.4. The number of carboxylic acids is 1. The molecule has 4 aromatic rings. The first kappa shape index (κ1) is 27.1. The number of amides is 1. The molecular weight excluding hydrogens is 509 g/mol. The Morgan fingerprint density at radius 1 is 0.925 bits per heavy atom. The molecule has 206 valence electrons. The van der Waals surface area contributed by atoms with E-state index in [-0.39, 0.29) is 18.1 Å². The van der Waals surface area contributed by atoms with E-state index in [0.717, 1.165) is 52.3 Å². The van der Waals surface area contributed by atoms with E-state index in [0.29, 0.717) is 37.9 Å². The quantitative estimate of drug-likeness (QED) is 0.269. The van der Waals surface area contributed by atoms with Gasteiger partial charge in [0, 0.05) is 54.8 Å². The first-order valence-corrected chi connectivity index (χ1v) is 13.5. The van der Waals surface area contributed by atoms with Crippen LogP contribution in [0.25, 0.3) is 22.2 Å². The fourth-order valence-electron chi connectivity index (χ4n) is 5.14. The number of methoxy groups -OCH3 is 1. The number of anilines is 1. The minimum atomic E-state index is -0.816. The minimum absolute atomic E-state index is 0.0121. The summed E-state index contributed by atoms with van der Waals surface area (Å²) in [5.41, 5.74) is 4.95. The number of halogens is 1. The lowest BCUT2D eigenvalue weighted by atomic mass is 9.98. The van der Waals surface area contributed by atoms with Gasteiger partial charge in [-0.3, -0.25) is 9.59 Å². The van der Waals surface area contributed by atoms with Gasteiger partial charge in [0.25, 0.3) is 5.91 Å². The molecule has 3 aromatic carbocycles. The molecule has 1 N–H and O–H groups in total. The Kier molecular flexibility index (Phi) is 8.24. The van der Waals surface area contributed by atoms with Gasteiger partial charge >= 0.3 is 5.97 Å². The molecule has 2 heterocycles. The molecular formula is C32H32FN3O4. The molecule has 5 rings (SSSR count). The first-order chi connectivity index (χ1) is 19.4. The number of fused-ring (bicyclic) bond motifs is 1. The van der Waals surface area contributed by atoms with Crippen molar-refractivity contribution in [2.24, 2.45) is 0 Å². The summed E-state index contributed by atoms with van der Waals surface area (Å²) in [6, 6.07) is 21.8. The summed E-state index contributed by atoms with van der Waals surface area (Å²) in [5.74, 6) is -0.331. The van der Waals surface area contributed by atoms with Crippen LogP contribution in [0.2, 0.25) is 0 Å². The predicted molar refractivity (Wildman–Crippen MR) is 153 cm³/mol. The number of hydrogen-bond donors (Lipinski definition) is 1. The molecule has 40 heavy (non-hydrogen) atoms. The summed E-state index contributed by atoms with van der Waals surface area (Å²) >= 11 is 0. The minimum Gasteiger partial charge on any atom is -0.497 e. The van der Waals surface area contributed by atoms with Crippen LogP contribution in [0.15, 0.2) is 72.8 Å². The smallest absolute Gasteiger partial charge is 0.303 e. The number of ether oxygens (including phenoxy) is 1. The van der Waals surface area contributed by atoms with Crippen LogP contribution in [-0.2, 0) is 11.2 Å². The molecule has 0 saturated carbocycles. The van der Waals surface area contributed by atoms with Gasteiger partial charge in [-0.25, -0.2) is 9.37 Å². The van der Waals surface area contributed by atoms with Crippen LogP contribution in [-0.4, -0.2) is 60.2 Å². The van der Waals surface area contributed by atoms with Gasteiger partial charge in [-0.2, -0.15) is 0 Å². The van der Waals surface area contributed by atoms with Crippen LogP contribution in [0.5, 0.6) is 5.75 Å². The summed E-state index contributed by atoms with van der Waals surface area (Å²) in [4.78, 5) is 33.4. The first-order valence-electron chi connectivity index (χ1n) is 13.5. The topological polar surface area (TPSA) is 83.0 Å². The van der Waals surface area contributed by atoms with Crippen LogP contribution in [0.3, 0.4) is 0 Å². The van der Waals surface area contributed by atoms with Gasteiger partial charge in [0.05, 0.1) is 18.3 Å². The number of unbranched alkanes of at least 4 members (excludes halogenated alkanes) is 1. The Labute approximate surface area is 232 Å². The number of rotatable bonds is 9. The standard InChI is InChI=1S/C32H32FN3O4/c1-40-28-13-11-27(12-14-28)35-16-18-36(19-17-35)32(39)24-8-15-29-25(21-24)20-23(4-2-3-5-30(37)38)31(34-29)22-6-9-26(33)10-7-22/h6-15,20-21H,2-5,16-19H2,1H3,(H,37,38). The Morgan fingerprint density at radius 2 is 1.65 bits per heavy atom. The highest BCUT2D eigenvalue weighted by atomic mass is 19.1. The van der Waals surface area contributed by atoms with Gasteiger partial charge < -0.3 is 19.6 Å². The highest BCUT2D eigenvalue weighted by Gasteiger charge is 2.23. The van der Waals surface area contributed by atoms with Crippen molar-refractivity contribution >= 4 is 28.5 Å². The highest BCUT2D eigenvalue weighted by Crippen LogP contribution is 2.29. The molecule has 1 aromatic heterocycles. The number of pyridine rings is 1. The number of carbonyl (C=O) groups is 2. The number of aromatic nitrogens is 1. The van der Waals surface area contributed by atoms with E-state index in [4.69, 9.17) is 14.8 Å². The van der Waals surface area contributed by atoms with E-state index < -0.39 is 5.97 Å². The number of aliphatic carboxylic acids is 1. The van der Waals surface area contributed by atoms with Gasteiger partial charge in [-0.05, 0) is 97.6 Å². The highest BCUT2D eigenvalue weighted by molar-refractivity contribution is 5.98. The number of carboxylic acid groups (broad SMARTS) is 1. The zero-order valence-electron chi connectivity index (χ0n) is 22.5. The fraction of sp³-hybridized carbons (Fsp3) is 0.281. The number of carbonyl (C=O) groups excluding carboxylic acids is 1. The summed E-state index contributed by atoms with van der Waals surface area (Å²) in [5, 5.41) is 9.85. The Morgan fingerprint density at radius 3 is 2.33 bits per heavy atom. The monoisotopic (exact) mass is 541 g/mol. The van der Waals surface area contributed by atoms with E-state index in [1.54, 1.807) is 19.2 Å². The Bertz CT molecular complexity index is 1500. The fourth-order valence-corrected chi connectivity index (χ4v) is 5.14. The molecule has 0 aliphatic carbocycles.